The highest BCUT2D eigenvalue weighted by Gasteiger charge is 2.34. The second kappa shape index (κ2) is 6.86. The van der Waals surface area contributed by atoms with E-state index in [2.05, 4.69) is 5.32 Å². The van der Waals surface area contributed by atoms with Crippen molar-refractivity contribution >= 4 is 21.2 Å². The van der Waals surface area contributed by atoms with Crippen molar-refractivity contribution < 1.29 is 8.42 Å². The molecule has 3 nitrogen and oxygen atoms in total. The van der Waals surface area contributed by atoms with Crippen molar-refractivity contribution in [1.29, 1.82) is 0 Å². The van der Waals surface area contributed by atoms with Gasteiger partial charge in [0.25, 0.3) is 0 Å². The Labute approximate surface area is 120 Å². The lowest BCUT2D eigenvalue weighted by atomic mass is 9.96. The number of nitrogens with one attached hydrogen (secondary N) is 1. The Bertz CT molecular complexity index is 468. The van der Waals surface area contributed by atoms with E-state index in [0.29, 0.717) is 4.21 Å². The van der Waals surface area contributed by atoms with Gasteiger partial charge in [0.1, 0.15) is 4.21 Å². The van der Waals surface area contributed by atoms with Gasteiger partial charge in [-0.3, -0.25) is 0 Å². The topological polar surface area (TPSA) is 46.2 Å². The van der Waals surface area contributed by atoms with Gasteiger partial charge in [0.05, 0.1) is 5.25 Å². The largest absolute Gasteiger partial charge is 0.313 e. The van der Waals surface area contributed by atoms with E-state index in [-0.39, 0.29) is 11.3 Å². The second-order valence-electron chi connectivity index (χ2n) is 5.17. The van der Waals surface area contributed by atoms with Gasteiger partial charge < -0.3 is 5.32 Å². The van der Waals surface area contributed by atoms with Crippen LogP contribution < -0.4 is 5.32 Å². The van der Waals surface area contributed by atoms with E-state index in [1.165, 1.54) is 17.8 Å². The van der Waals surface area contributed by atoms with Crippen LogP contribution in [-0.2, 0) is 9.84 Å². The van der Waals surface area contributed by atoms with Gasteiger partial charge in [-0.2, -0.15) is 0 Å². The smallest absolute Gasteiger partial charge is 0.192 e. The number of hydrogen-bond donors (Lipinski definition) is 1. The fourth-order valence-electron chi connectivity index (χ4n) is 2.89. The molecule has 0 radical (unpaired) electrons. The third-order valence-electron chi connectivity index (χ3n) is 3.84. The van der Waals surface area contributed by atoms with Gasteiger partial charge in [-0.25, -0.2) is 8.42 Å². The Morgan fingerprint density at radius 2 is 2.00 bits per heavy atom. The zero-order chi connectivity index (χ0) is 13.7. The molecule has 0 aliphatic heterocycles. The molecule has 1 saturated carbocycles. The summed E-state index contributed by atoms with van der Waals surface area (Å²) in [5, 5.41) is 4.98. The van der Waals surface area contributed by atoms with Crippen molar-refractivity contribution in [3.05, 3.63) is 17.5 Å². The summed E-state index contributed by atoms with van der Waals surface area (Å²) in [6, 6.07) is 3.67. The molecule has 1 aliphatic rings. The van der Waals surface area contributed by atoms with E-state index >= 15 is 0 Å². The molecule has 0 aromatic carbocycles. The van der Waals surface area contributed by atoms with Gasteiger partial charge in [-0.05, 0) is 30.8 Å². The Morgan fingerprint density at radius 3 is 2.63 bits per heavy atom. The number of rotatable bonds is 4. The summed E-state index contributed by atoms with van der Waals surface area (Å²) in [7, 11) is -3.17. The molecular formula is C14H23NO2S2. The summed E-state index contributed by atoms with van der Waals surface area (Å²) < 4.78 is 26.1. The molecule has 2 atom stereocenters. The predicted molar refractivity (Wildman–Crippen MR) is 80.5 cm³/mol. The Kier molecular flexibility index (Phi) is 5.42. The first-order valence-electron chi connectivity index (χ1n) is 7.17. The molecule has 0 saturated heterocycles. The molecule has 108 valence electrons. The second-order valence-corrected chi connectivity index (χ2v) is 8.51. The molecule has 0 bridgehead atoms. The molecule has 2 unspecified atom stereocenters. The van der Waals surface area contributed by atoms with Crippen LogP contribution in [0.3, 0.4) is 0 Å². The first-order chi connectivity index (χ1) is 9.16. The minimum atomic E-state index is -3.17. The van der Waals surface area contributed by atoms with Gasteiger partial charge >= 0.3 is 0 Å². The van der Waals surface area contributed by atoms with Crippen LogP contribution in [0.4, 0.5) is 0 Å². The maximum atomic E-state index is 12.8. The molecule has 1 heterocycles. The summed E-state index contributed by atoms with van der Waals surface area (Å²) in [4.78, 5) is 0. The minimum Gasteiger partial charge on any atom is -0.313 e. The Balaban J connectivity index is 2.25. The molecule has 1 N–H and O–H groups in total. The maximum absolute atomic E-state index is 12.8. The van der Waals surface area contributed by atoms with E-state index in [4.69, 9.17) is 0 Å². The van der Waals surface area contributed by atoms with Crippen LogP contribution in [0.25, 0.3) is 0 Å². The maximum Gasteiger partial charge on any atom is 0.192 e. The third kappa shape index (κ3) is 3.58. The number of hydrogen-bond acceptors (Lipinski definition) is 4. The van der Waals surface area contributed by atoms with Crippen LogP contribution in [0.2, 0.25) is 0 Å². The molecule has 1 aromatic rings. The van der Waals surface area contributed by atoms with Crippen LogP contribution in [-0.4, -0.2) is 26.3 Å². The van der Waals surface area contributed by atoms with Crippen LogP contribution >= 0.6 is 11.3 Å². The van der Waals surface area contributed by atoms with Crippen molar-refractivity contribution in [2.75, 3.05) is 6.54 Å². The first kappa shape index (κ1) is 15.0. The zero-order valence-corrected chi connectivity index (χ0v) is 13.1. The van der Waals surface area contributed by atoms with Gasteiger partial charge in [0, 0.05) is 6.04 Å². The molecule has 2 rings (SSSR count). The van der Waals surface area contributed by atoms with Gasteiger partial charge in [-0.15, -0.1) is 11.3 Å². The molecular weight excluding hydrogens is 278 g/mol. The number of sulfone groups is 1. The summed E-state index contributed by atoms with van der Waals surface area (Å²) in [5.41, 5.74) is 0. The highest BCUT2D eigenvalue weighted by atomic mass is 32.2. The van der Waals surface area contributed by atoms with Crippen molar-refractivity contribution in [2.45, 2.75) is 60.9 Å². The average Bonchev–Trinajstić information content (AvgIpc) is 2.86. The standard InChI is InChI=1S/C14H23NO2S2/c1-2-15-12-8-5-3-4-6-9-13(12)19(16,17)14-10-7-11-18-14/h7,10-13,15H,2-6,8-9H2,1H3. The molecule has 19 heavy (non-hydrogen) atoms. The van der Waals surface area contributed by atoms with E-state index in [1.54, 1.807) is 6.07 Å². The van der Waals surface area contributed by atoms with E-state index in [0.717, 1.165) is 38.6 Å². The molecule has 1 fully saturated rings. The third-order valence-corrected chi connectivity index (χ3v) is 7.55. The monoisotopic (exact) mass is 301 g/mol. The minimum absolute atomic E-state index is 0.109. The highest BCUT2D eigenvalue weighted by molar-refractivity contribution is 7.94. The lowest BCUT2D eigenvalue weighted by Gasteiger charge is -2.29. The molecule has 1 aliphatic carbocycles. The molecule has 0 spiro atoms. The first-order valence-corrected chi connectivity index (χ1v) is 9.59. The normalized spacial score (nSPS) is 25.7. The van der Waals surface area contributed by atoms with Crippen molar-refractivity contribution in [1.82, 2.24) is 5.32 Å². The zero-order valence-electron chi connectivity index (χ0n) is 11.5. The molecule has 5 heteroatoms. The van der Waals surface area contributed by atoms with Gasteiger partial charge in [-0.1, -0.05) is 38.7 Å². The fraction of sp³-hybridized carbons (Fsp3) is 0.714. The summed E-state index contributed by atoms with van der Waals surface area (Å²) >= 11 is 1.34. The van der Waals surface area contributed by atoms with Crippen LogP contribution in [0.5, 0.6) is 0 Å². The van der Waals surface area contributed by atoms with Crippen LogP contribution in [0.15, 0.2) is 21.7 Å². The van der Waals surface area contributed by atoms with Crippen molar-refractivity contribution in [3.8, 4) is 0 Å². The van der Waals surface area contributed by atoms with Crippen molar-refractivity contribution in [2.24, 2.45) is 0 Å². The average molecular weight is 301 g/mol. The lowest BCUT2D eigenvalue weighted by Crippen LogP contribution is -2.44. The fourth-order valence-corrected chi connectivity index (χ4v) is 6.12. The molecule has 1 aromatic heterocycles. The van der Waals surface area contributed by atoms with Gasteiger partial charge in [0.2, 0.25) is 0 Å². The van der Waals surface area contributed by atoms with E-state index in [9.17, 15) is 8.42 Å². The Morgan fingerprint density at radius 1 is 1.26 bits per heavy atom. The predicted octanol–water partition coefficient (Wildman–Crippen LogP) is 3.22. The van der Waals surface area contributed by atoms with E-state index < -0.39 is 9.84 Å². The summed E-state index contributed by atoms with van der Waals surface area (Å²) in [6.07, 6.45) is 6.31. The Hall–Kier alpha value is -0.390. The number of thiophene rings is 1. The van der Waals surface area contributed by atoms with Crippen LogP contribution in [0, 0.1) is 0 Å². The summed E-state index contributed by atoms with van der Waals surface area (Å²) in [6.45, 7) is 2.88. The van der Waals surface area contributed by atoms with Crippen LogP contribution in [0.1, 0.15) is 45.4 Å². The van der Waals surface area contributed by atoms with Crippen molar-refractivity contribution in [3.63, 3.8) is 0 Å². The summed E-state index contributed by atoms with van der Waals surface area (Å²) in [5.74, 6) is 0. The van der Waals surface area contributed by atoms with E-state index in [1.807, 2.05) is 18.4 Å². The molecule has 0 amide bonds. The SMILES string of the molecule is CCNC1CCCCCCC1S(=O)(=O)c1cccs1. The quantitative estimate of drug-likeness (QED) is 0.929. The van der Waals surface area contributed by atoms with Gasteiger partial charge in [0.15, 0.2) is 9.84 Å². The lowest BCUT2D eigenvalue weighted by molar-refractivity contribution is 0.393. The highest BCUT2D eigenvalue weighted by Crippen LogP contribution is 2.29.